The summed E-state index contributed by atoms with van der Waals surface area (Å²) in [5.41, 5.74) is 4.64. The topological polar surface area (TPSA) is 75.4 Å². The Bertz CT molecular complexity index is 429. The zero-order valence-electron chi connectivity index (χ0n) is 8.71. The van der Waals surface area contributed by atoms with Crippen molar-refractivity contribution in [1.29, 1.82) is 0 Å². The molecule has 0 spiro atoms. The number of aliphatic hydroxyl groups is 1. The van der Waals surface area contributed by atoms with Gasteiger partial charge in [0.15, 0.2) is 0 Å². The predicted octanol–water partition coefficient (Wildman–Crippen LogP) is 0.663. The molecule has 0 saturated carbocycles. The van der Waals surface area contributed by atoms with Gasteiger partial charge in [-0.1, -0.05) is 0 Å². The SMILES string of the molecule is NC(=O)C(O)CNCc1c(F)ccc(Br)c1F. The van der Waals surface area contributed by atoms with Gasteiger partial charge in [0.05, 0.1) is 4.47 Å². The van der Waals surface area contributed by atoms with E-state index in [1.807, 2.05) is 0 Å². The monoisotopic (exact) mass is 308 g/mol. The van der Waals surface area contributed by atoms with Gasteiger partial charge in [-0.15, -0.1) is 0 Å². The van der Waals surface area contributed by atoms with Crippen molar-refractivity contribution in [2.75, 3.05) is 6.54 Å². The third-order valence-corrected chi connectivity index (χ3v) is 2.72. The summed E-state index contributed by atoms with van der Waals surface area (Å²) in [6.45, 7) is -0.317. The van der Waals surface area contributed by atoms with Crippen molar-refractivity contribution in [1.82, 2.24) is 5.32 Å². The average molecular weight is 309 g/mol. The molecule has 0 heterocycles. The fourth-order valence-electron chi connectivity index (χ4n) is 1.17. The molecule has 7 heteroatoms. The zero-order chi connectivity index (χ0) is 13.0. The third kappa shape index (κ3) is 3.72. The minimum absolute atomic E-state index is 0.145. The number of nitrogens with two attached hydrogens (primary N) is 1. The minimum Gasteiger partial charge on any atom is -0.382 e. The summed E-state index contributed by atoms with van der Waals surface area (Å²) in [4.78, 5) is 10.5. The van der Waals surface area contributed by atoms with Gasteiger partial charge in [0, 0.05) is 18.7 Å². The number of benzene rings is 1. The van der Waals surface area contributed by atoms with Crippen LogP contribution in [0.4, 0.5) is 8.78 Å². The van der Waals surface area contributed by atoms with E-state index in [0.29, 0.717) is 0 Å². The molecule has 0 fully saturated rings. The largest absolute Gasteiger partial charge is 0.382 e. The molecule has 0 bridgehead atoms. The highest BCUT2D eigenvalue weighted by Crippen LogP contribution is 2.21. The highest BCUT2D eigenvalue weighted by Gasteiger charge is 2.14. The van der Waals surface area contributed by atoms with Crippen LogP contribution in [0.15, 0.2) is 16.6 Å². The van der Waals surface area contributed by atoms with Crippen molar-refractivity contribution in [3.63, 3.8) is 0 Å². The Morgan fingerprint density at radius 1 is 1.53 bits per heavy atom. The van der Waals surface area contributed by atoms with Crippen LogP contribution < -0.4 is 11.1 Å². The van der Waals surface area contributed by atoms with Gasteiger partial charge in [0.1, 0.15) is 17.7 Å². The zero-order valence-corrected chi connectivity index (χ0v) is 10.3. The molecule has 0 aliphatic heterocycles. The molecule has 4 nitrogen and oxygen atoms in total. The van der Waals surface area contributed by atoms with Gasteiger partial charge in [0.2, 0.25) is 5.91 Å². The van der Waals surface area contributed by atoms with E-state index in [4.69, 9.17) is 10.8 Å². The van der Waals surface area contributed by atoms with Gasteiger partial charge < -0.3 is 16.2 Å². The molecule has 94 valence electrons. The van der Waals surface area contributed by atoms with Crippen molar-refractivity contribution in [3.8, 4) is 0 Å². The van der Waals surface area contributed by atoms with Crippen LogP contribution in [-0.4, -0.2) is 23.7 Å². The van der Waals surface area contributed by atoms with E-state index in [-0.39, 0.29) is 23.1 Å². The van der Waals surface area contributed by atoms with Crippen molar-refractivity contribution >= 4 is 21.8 Å². The molecular formula is C10H11BrF2N2O2. The number of carbonyl (C=O) groups is 1. The molecule has 1 amide bonds. The van der Waals surface area contributed by atoms with Crippen molar-refractivity contribution in [2.45, 2.75) is 12.6 Å². The fourth-order valence-corrected chi connectivity index (χ4v) is 1.54. The summed E-state index contributed by atoms with van der Waals surface area (Å²) in [7, 11) is 0. The van der Waals surface area contributed by atoms with Crippen molar-refractivity contribution in [3.05, 3.63) is 33.8 Å². The maximum atomic E-state index is 13.5. The first-order chi connectivity index (χ1) is 7.93. The average Bonchev–Trinajstić information content (AvgIpc) is 2.28. The van der Waals surface area contributed by atoms with Gasteiger partial charge >= 0.3 is 0 Å². The summed E-state index contributed by atoms with van der Waals surface area (Å²) in [5.74, 6) is -2.31. The number of hydrogen-bond acceptors (Lipinski definition) is 3. The first-order valence-electron chi connectivity index (χ1n) is 4.74. The fraction of sp³-hybridized carbons (Fsp3) is 0.300. The van der Waals surface area contributed by atoms with Gasteiger partial charge in [-0.05, 0) is 28.1 Å². The van der Waals surface area contributed by atoms with Gasteiger partial charge in [-0.2, -0.15) is 0 Å². The first kappa shape index (κ1) is 14.0. The molecule has 0 aromatic heterocycles. The molecule has 1 unspecified atom stereocenters. The van der Waals surface area contributed by atoms with Crippen LogP contribution in [0.2, 0.25) is 0 Å². The molecular weight excluding hydrogens is 298 g/mol. The van der Waals surface area contributed by atoms with E-state index in [1.54, 1.807) is 0 Å². The molecule has 1 rings (SSSR count). The number of halogens is 3. The third-order valence-electron chi connectivity index (χ3n) is 2.11. The Labute approximate surface area is 105 Å². The Morgan fingerprint density at radius 3 is 2.76 bits per heavy atom. The van der Waals surface area contributed by atoms with Gasteiger partial charge in [-0.3, -0.25) is 4.79 Å². The summed E-state index contributed by atoms with van der Waals surface area (Å²) in [5, 5.41) is 11.6. The Kier molecular flexibility index (Phi) is 4.98. The summed E-state index contributed by atoms with van der Waals surface area (Å²) < 4.78 is 26.9. The van der Waals surface area contributed by atoms with Gasteiger partial charge in [0.25, 0.3) is 0 Å². The van der Waals surface area contributed by atoms with Crippen molar-refractivity contribution < 1.29 is 18.7 Å². The maximum Gasteiger partial charge on any atom is 0.247 e. The number of aliphatic hydroxyl groups excluding tert-OH is 1. The molecule has 1 aromatic carbocycles. The summed E-state index contributed by atoms with van der Waals surface area (Å²) in [6, 6.07) is 2.38. The smallest absolute Gasteiger partial charge is 0.247 e. The normalized spacial score (nSPS) is 12.5. The van der Waals surface area contributed by atoms with E-state index in [0.717, 1.165) is 6.07 Å². The molecule has 1 atom stereocenters. The van der Waals surface area contributed by atoms with Gasteiger partial charge in [-0.25, -0.2) is 8.78 Å². The summed E-state index contributed by atoms with van der Waals surface area (Å²) >= 11 is 2.93. The van der Waals surface area contributed by atoms with E-state index < -0.39 is 23.6 Å². The van der Waals surface area contributed by atoms with Crippen LogP contribution >= 0.6 is 15.9 Å². The standard InChI is InChI=1S/C10H11BrF2N2O2/c11-6-1-2-7(12)5(9(6)13)3-15-4-8(16)10(14)17/h1-2,8,15-16H,3-4H2,(H2,14,17). The lowest BCUT2D eigenvalue weighted by atomic mass is 10.2. The number of rotatable bonds is 5. The second-order valence-corrected chi connectivity index (χ2v) is 4.23. The van der Waals surface area contributed by atoms with E-state index in [9.17, 15) is 13.6 Å². The highest BCUT2D eigenvalue weighted by molar-refractivity contribution is 9.10. The van der Waals surface area contributed by atoms with E-state index in [2.05, 4.69) is 21.2 Å². The highest BCUT2D eigenvalue weighted by atomic mass is 79.9. The second-order valence-electron chi connectivity index (χ2n) is 3.37. The Balaban J connectivity index is 2.64. The van der Waals surface area contributed by atoms with Crippen LogP contribution in [0.25, 0.3) is 0 Å². The minimum atomic E-state index is -1.38. The number of hydrogen-bond donors (Lipinski definition) is 3. The molecule has 0 aliphatic carbocycles. The molecule has 0 aliphatic rings. The lowest BCUT2D eigenvalue weighted by Gasteiger charge is -2.10. The number of primary amides is 1. The quantitative estimate of drug-likeness (QED) is 0.700. The molecule has 0 radical (unpaired) electrons. The van der Waals surface area contributed by atoms with Crippen LogP contribution in [0.1, 0.15) is 5.56 Å². The van der Waals surface area contributed by atoms with E-state index in [1.165, 1.54) is 6.07 Å². The number of carbonyl (C=O) groups excluding carboxylic acids is 1. The lowest BCUT2D eigenvalue weighted by Crippen LogP contribution is -2.37. The van der Waals surface area contributed by atoms with Crippen LogP contribution in [0, 0.1) is 11.6 Å². The lowest BCUT2D eigenvalue weighted by molar-refractivity contribution is -0.125. The van der Waals surface area contributed by atoms with E-state index >= 15 is 0 Å². The number of amides is 1. The molecule has 1 aromatic rings. The Morgan fingerprint density at radius 2 is 2.18 bits per heavy atom. The molecule has 17 heavy (non-hydrogen) atoms. The Hall–Kier alpha value is -1.05. The summed E-state index contributed by atoms with van der Waals surface area (Å²) in [6.07, 6.45) is -1.38. The van der Waals surface area contributed by atoms with Crippen LogP contribution in [-0.2, 0) is 11.3 Å². The van der Waals surface area contributed by atoms with Crippen molar-refractivity contribution in [2.24, 2.45) is 5.73 Å². The number of nitrogens with one attached hydrogen (secondary N) is 1. The van der Waals surface area contributed by atoms with Crippen LogP contribution in [0.5, 0.6) is 0 Å². The first-order valence-corrected chi connectivity index (χ1v) is 5.53. The molecule has 4 N–H and O–H groups in total. The molecule has 0 saturated heterocycles. The van der Waals surface area contributed by atoms with Crippen LogP contribution in [0.3, 0.4) is 0 Å². The predicted molar refractivity (Wildman–Crippen MR) is 61.0 cm³/mol. The second kappa shape index (κ2) is 6.04. The maximum absolute atomic E-state index is 13.5.